The Labute approximate surface area is 56.6 Å². The van der Waals surface area contributed by atoms with Crippen LogP contribution in [0.3, 0.4) is 0 Å². The molecule has 0 rings (SSSR count). The van der Waals surface area contributed by atoms with Crippen LogP contribution < -0.4 is 0 Å². The van der Waals surface area contributed by atoms with Crippen LogP contribution in [0.2, 0.25) is 6.32 Å². The Morgan fingerprint density at radius 2 is 2.17 bits per heavy atom. The molecule has 4 radical (unpaired) electrons. The van der Waals surface area contributed by atoms with Gasteiger partial charge in [-0.05, 0) is 0 Å². The van der Waals surface area contributed by atoms with Crippen LogP contribution in [0, 0.1) is 0 Å². The zero-order valence-corrected chi connectivity index (χ0v) is 6.03. The second kappa shape index (κ2) is 9.30. The summed E-state index contributed by atoms with van der Waals surface area (Å²) in [5, 5.41) is 0. The van der Waals surface area contributed by atoms with Crippen molar-refractivity contribution in [2.45, 2.75) is 13.2 Å². The first-order valence-corrected chi connectivity index (χ1v) is 1.78. The van der Waals surface area contributed by atoms with Crippen LogP contribution in [0.1, 0.15) is 6.92 Å². The molecule has 0 amide bonds. The van der Waals surface area contributed by atoms with Crippen LogP contribution in [-0.2, 0) is 21.1 Å². The smallest absolute Gasteiger partial charge is 0.0541 e. The molecule has 0 aromatic carbocycles. The number of hydrogen-bond acceptors (Lipinski definition) is 0. The van der Waals surface area contributed by atoms with Gasteiger partial charge in [-0.1, -0.05) is 13.2 Å². The van der Waals surface area contributed by atoms with Crippen LogP contribution in [0.25, 0.3) is 0 Å². The fourth-order valence-electron chi connectivity index (χ4n) is 0.136. The molecule has 0 bridgehead atoms. The summed E-state index contributed by atoms with van der Waals surface area (Å²) in [6.07, 6.45) is 1.04. The Bertz CT molecular complexity index is 16.3. The van der Waals surface area contributed by atoms with E-state index in [0.29, 0.717) is 0 Å². The summed E-state index contributed by atoms with van der Waals surface area (Å²) in [7, 11) is 8.42. The van der Waals surface area contributed by atoms with Gasteiger partial charge in [0.1, 0.15) is 0 Å². The second-order valence-electron chi connectivity index (χ2n) is 0.836. The van der Waals surface area contributed by atoms with Gasteiger partial charge in [-0.2, -0.15) is 0 Å². The van der Waals surface area contributed by atoms with Crippen molar-refractivity contribution in [2.24, 2.45) is 0 Å². The summed E-state index contributed by atoms with van der Waals surface area (Å²) in [5.41, 5.74) is 0. The predicted molar refractivity (Wildman–Crippen MR) is 27.7 cm³/mol. The second-order valence-corrected chi connectivity index (χ2v) is 0.836. The maximum Gasteiger partial charge on any atom is 0.0541 e. The van der Waals surface area contributed by atoms with Crippen molar-refractivity contribution in [1.29, 1.82) is 0 Å². The molecule has 0 heterocycles. The molecule has 0 fully saturated rings. The van der Waals surface area contributed by atoms with Crippen LogP contribution in [0.4, 0.5) is 0 Å². The molecular weight excluding hydrogens is 252 g/mol. The molecule has 0 N–H and O–H groups in total. The molecule has 0 aliphatic carbocycles. The van der Waals surface area contributed by atoms with Gasteiger partial charge in [0.15, 0.2) is 0 Å². The Morgan fingerprint density at radius 3 is 2.17 bits per heavy atom. The van der Waals surface area contributed by atoms with E-state index < -0.39 is 0 Å². The van der Waals surface area contributed by atoms with Crippen LogP contribution in [-0.4, -0.2) is 22.0 Å². The van der Waals surface area contributed by atoms with Gasteiger partial charge < -0.3 is 0 Å². The van der Waals surface area contributed by atoms with Gasteiger partial charge in [0, 0.05) is 35.9 Å². The predicted octanol–water partition coefficient (Wildman–Crippen LogP) is -0.171. The third-order valence-corrected chi connectivity index (χ3v) is 0.372. The normalized spacial score (nSPS) is 5.50. The molecule has 0 saturated carbocycles. The van der Waals surface area contributed by atoms with Crippen molar-refractivity contribution in [1.82, 2.24) is 0 Å². The van der Waals surface area contributed by atoms with Gasteiger partial charge in [0.2, 0.25) is 0 Å². The fourth-order valence-corrected chi connectivity index (χ4v) is 0.136. The van der Waals surface area contributed by atoms with Crippen molar-refractivity contribution in [3.63, 3.8) is 0 Å². The largest absolute Gasteiger partial charge is 0.0923 e. The molecular formula is C2H5B3Pt. The zero-order chi connectivity index (χ0) is 4.12. The van der Waals surface area contributed by atoms with Crippen molar-refractivity contribution >= 4 is 22.0 Å². The van der Waals surface area contributed by atoms with E-state index in [2.05, 4.69) is 0 Å². The van der Waals surface area contributed by atoms with E-state index >= 15 is 0 Å². The molecule has 0 aromatic rings. The standard InChI is InChI=1S/C2H5B3.Pt/c1-2-4-5-3;/h2H2,1H3;. The maximum atomic E-state index is 4.96. The molecule has 4 heteroatoms. The molecule has 0 aliphatic heterocycles. The van der Waals surface area contributed by atoms with E-state index in [1.54, 1.807) is 7.06 Å². The number of rotatable bonds is 2. The molecule has 0 aliphatic rings. The topological polar surface area (TPSA) is 0 Å². The van der Waals surface area contributed by atoms with Gasteiger partial charge in [-0.25, -0.2) is 0 Å². The van der Waals surface area contributed by atoms with Gasteiger partial charge >= 0.3 is 0 Å². The van der Waals surface area contributed by atoms with E-state index in [9.17, 15) is 0 Å². The average molecular weight is 257 g/mol. The summed E-state index contributed by atoms with van der Waals surface area (Å²) < 4.78 is 0. The van der Waals surface area contributed by atoms with Crippen molar-refractivity contribution in [3.8, 4) is 0 Å². The molecule has 0 atom stereocenters. The first kappa shape index (κ1) is 9.99. The van der Waals surface area contributed by atoms with Crippen molar-refractivity contribution in [3.05, 3.63) is 0 Å². The van der Waals surface area contributed by atoms with Crippen molar-refractivity contribution < 1.29 is 21.1 Å². The Kier molecular flexibility index (Phi) is 15.5. The minimum absolute atomic E-state index is 0. The van der Waals surface area contributed by atoms with Gasteiger partial charge in [-0.15, -0.1) is 0 Å². The molecule has 0 unspecified atom stereocenters. The van der Waals surface area contributed by atoms with E-state index in [-0.39, 0.29) is 21.1 Å². The van der Waals surface area contributed by atoms with E-state index in [1.165, 1.54) is 0 Å². The Hall–Kier alpha value is 0.883. The van der Waals surface area contributed by atoms with E-state index in [0.717, 1.165) is 6.32 Å². The maximum absolute atomic E-state index is 4.96. The molecule has 0 saturated heterocycles. The van der Waals surface area contributed by atoms with Gasteiger partial charge in [-0.3, -0.25) is 0 Å². The molecule has 0 nitrogen and oxygen atoms in total. The first-order valence-electron chi connectivity index (χ1n) is 1.78. The van der Waals surface area contributed by atoms with E-state index in [4.69, 9.17) is 7.74 Å². The summed E-state index contributed by atoms with van der Waals surface area (Å²) in [6.45, 7) is 2.04. The first-order chi connectivity index (χ1) is 2.41. The minimum atomic E-state index is 0. The van der Waals surface area contributed by atoms with Crippen LogP contribution in [0.15, 0.2) is 0 Å². The monoisotopic (exact) mass is 257 g/mol. The summed E-state index contributed by atoms with van der Waals surface area (Å²) in [4.78, 5) is 0. The summed E-state index contributed by atoms with van der Waals surface area (Å²) >= 11 is 0. The SMILES string of the molecule is [B][B][B]CC.[Pt]. The van der Waals surface area contributed by atoms with Crippen LogP contribution >= 0.6 is 0 Å². The average Bonchev–Trinajstić information content (AvgIpc) is 1.41. The minimum Gasteiger partial charge on any atom is -0.0923 e. The Morgan fingerprint density at radius 1 is 1.67 bits per heavy atom. The molecule has 32 valence electrons. The summed E-state index contributed by atoms with van der Waals surface area (Å²) in [5.74, 6) is 0. The number of hydrogen-bond donors (Lipinski definition) is 0. The molecule has 0 aromatic heterocycles. The fraction of sp³-hybridized carbons (Fsp3) is 1.00. The molecule has 6 heavy (non-hydrogen) atoms. The van der Waals surface area contributed by atoms with Crippen LogP contribution in [0.5, 0.6) is 0 Å². The Balaban J connectivity index is 0. The van der Waals surface area contributed by atoms with Gasteiger partial charge in [0.05, 0.1) is 7.17 Å². The quantitative estimate of drug-likeness (QED) is 0.602. The molecule has 0 spiro atoms. The van der Waals surface area contributed by atoms with Crippen molar-refractivity contribution in [2.75, 3.05) is 0 Å². The van der Waals surface area contributed by atoms with E-state index in [1.807, 2.05) is 14.1 Å². The van der Waals surface area contributed by atoms with Gasteiger partial charge in [0.25, 0.3) is 0 Å². The third kappa shape index (κ3) is 8.86. The summed E-state index contributed by atoms with van der Waals surface area (Å²) in [6, 6.07) is 0. The zero-order valence-electron chi connectivity index (χ0n) is 3.76. The third-order valence-electron chi connectivity index (χ3n) is 0.372.